The van der Waals surface area contributed by atoms with Gasteiger partial charge in [-0.05, 0) is 71.8 Å². The highest BCUT2D eigenvalue weighted by Gasteiger charge is 2.26. The van der Waals surface area contributed by atoms with E-state index in [9.17, 15) is 19.0 Å². The Labute approximate surface area is 188 Å². The topological polar surface area (TPSA) is 53.4 Å². The van der Waals surface area contributed by atoms with Crippen LogP contribution in [0.3, 0.4) is 0 Å². The lowest BCUT2D eigenvalue weighted by Gasteiger charge is -2.26. The Balaban J connectivity index is 2.40. The maximum absolute atomic E-state index is 13.7. The highest BCUT2D eigenvalue weighted by atomic mass is 19.1. The quantitative estimate of drug-likeness (QED) is 0.371. The molecule has 0 saturated heterocycles. The van der Waals surface area contributed by atoms with Crippen molar-refractivity contribution in [3.63, 3.8) is 0 Å². The van der Waals surface area contributed by atoms with Gasteiger partial charge in [0.15, 0.2) is 0 Å². The van der Waals surface area contributed by atoms with Crippen LogP contribution in [0.1, 0.15) is 68.9 Å². The third-order valence-electron chi connectivity index (χ3n) is 5.70. The maximum Gasteiger partial charge on any atom is 0.123 e. The van der Waals surface area contributed by atoms with Crippen molar-refractivity contribution in [1.29, 1.82) is 0 Å². The second-order valence-electron chi connectivity index (χ2n) is 8.44. The first kappa shape index (κ1) is 24.0. The summed E-state index contributed by atoms with van der Waals surface area (Å²) >= 11 is 0. The highest BCUT2D eigenvalue weighted by Crippen LogP contribution is 2.41. The first-order valence-corrected chi connectivity index (χ1v) is 11.2. The summed E-state index contributed by atoms with van der Waals surface area (Å²) in [4.78, 5) is 4.96. The van der Waals surface area contributed by atoms with Gasteiger partial charge in [-0.3, -0.25) is 4.98 Å². The molecule has 1 heterocycles. The van der Waals surface area contributed by atoms with Crippen molar-refractivity contribution in [2.24, 2.45) is 0 Å². The van der Waals surface area contributed by atoms with Gasteiger partial charge in [-0.1, -0.05) is 45.7 Å². The second kappa shape index (κ2) is 10.8. The van der Waals surface area contributed by atoms with Gasteiger partial charge in [0.05, 0.1) is 18.0 Å². The van der Waals surface area contributed by atoms with Crippen LogP contribution in [-0.2, 0) is 6.42 Å². The Morgan fingerprint density at radius 1 is 0.875 bits per heavy atom. The molecule has 0 fully saturated rings. The summed E-state index contributed by atoms with van der Waals surface area (Å²) in [5.74, 6) is -0.701. The molecule has 3 nitrogen and oxygen atoms in total. The average molecular weight is 440 g/mol. The third kappa shape index (κ3) is 5.22. The zero-order chi connectivity index (χ0) is 23.3. The van der Waals surface area contributed by atoms with Crippen LogP contribution < -0.4 is 0 Å². The van der Waals surface area contributed by atoms with Crippen molar-refractivity contribution in [2.45, 2.75) is 58.5 Å². The molecule has 0 aliphatic rings. The molecule has 0 spiro atoms. The van der Waals surface area contributed by atoms with Gasteiger partial charge < -0.3 is 10.2 Å². The lowest BCUT2D eigenvalue weighted by molar-refractivity contribution is 0.0947. The molecule has 32 heavy (non-hydrogen) atoms. The van der Waals surface area contributed by atoms with E-state index >= 15 is 0 Å². The SMILES string of the molecule is CCCCCc1c(-c2ccc(F)cc2)nc(C(C)C)c(C(O)CO)c1-c1ccc(F)cc1. The van der Waals surface area contributed by atoms with Crippen molar-refractivity contribution >= 4 is 0 Å². The second-order valence-corrected chi connectivity index (χ2v) is 8.44. The first-order chi connectivity index (χ1) is 15.4. The van der Waals surface area contributed by atoms with E-state index in [-0.39, 0.29) is 17.6 Å². The molecule has 170 valence electrons. The molecule has 1 atom stereocenters. The zero-order valence-corrected chi connectivity index (χ0v) is 18.9. The predicted molar refractivity (Wildman–Crippen MR) is 124 cm³/mol. The molecule has 0 saturated carbocycles. The lowest BCUT2D eigenvalue weighted by atomic mass is 9.84. The summed E-state index contributed by atoms with van der Waals surface area (Å²) in [6.07, 6.45) is 2.56. The smallest absolute Gasteiger partial charge is 0.123 e. The standard InChI is InChI=1S/C27H31F2NO2/c1-4-5-6-7-22-24(18-8-12-20(28)13-9-18)25(23(32)16-31)26(17(2)3)30-27(22)19-10-14-21(29)15-11-19/h8-15,17,23,31-32H,4-7,16H2,1-3H3. The summed E-state index contributed by atoms with van der Waals surface area (Å²) in [5.41, 5.74) is 5.22. The monoisotopic (exact) mass is 439 g/mol. The van der Waals surface area contributed by atoms with Gasteiger partial charge in [-0.15, -0.1) is 0 Å². The number of nitrogens with zero attached hydrogens (tertiary/aromatic N) is 1. The van der Waals surface area contributed by atoms with Gasteiger partial charge >= 0.3 is 0 Å². The Morgan fingerprint density at radius 3 is 1.94 bits per heavy atom. The molecule has 2 N–H and O–H groups in total. The van der Waals surface area contributed by atoms with E-state index in [4.69, 9.17) is 4.98 Å². The van der Waals surface area contributed by atoms with E-state index in [0.717, 1.165) is 47.2 Å². The van der Waals surface area contributed by atoms with Gasteiger partial charge in [-0.2, -0.15) is 0 Å². The summed E-state index contributed by atoms with van der Waals surface area (Å²) in [6, 6.07) is 12.4. The molecular formula is C27H31F2NO2. The minimum Gasteiger partial charge on any atom is -0.393 e. The fourth-order valence-electron chi connectivity index (χ4n) is 4.11. The average Bonchev–Trinajstić information content (AvgIpc) is 2.79. The lowest BCUT2D eigenvalue weighted by Crippen LogP contribution is -2.15. The fourth-order valence-corrected chi connectivity index (χ4v) is 4.11. The summed E-state index contributed by atoms with van der Waals surface area (Å²) < 4.78 is 27.4. The summed E-state index contributed by atoms with van der Waals surface area (Å²) in [7, 11) is 0. The van der Waals surface area contributed by atoms with Gasteiger partial charge in [0.2, 0.25) is 0 Å². The molecule has 0 aliphatic heterocycles. The van der Waals surface area contributed by atoms with Crippen LogP contribution in [0.15, 0.2) is 48.5 Å². The molecule has 0 amide bonds. The van der Waals surface area contributed by atoms with Crippen molar-refractivity contribution in [1.82, 2.24) is 4.98 Å². The Morgan fingerprint density at radius 2 is 1.44 bits per heavy atom. The molecule has 0 radical (unpaired) electrons. The minimum absolute atomic E-state index is 0.0331. The molecule has 0 bridgehead atoms. The van der Waals surface area contributed by atoms with Crippen LogP contribution in [-0.4, -0.2) is 21.8 Å². The molecule has 1 unspecified atom stereocenters. The van der Waals surface area contributed by atoms with Crippen molar-refractivity contribution in [3.05, 3.63) is 77.0 Å². The number of aliphatic hydroxyl groups is 2. The summed E-state index contributed by atoms with van der Waals surface area (Å²) in [5, 5.41) is 20.7. The molecule has 1 aromatic heterocycles. The molecule has 2 aromatic carbocycles. The van der Waals surface area contributed by atoms with Crippen molar-refractivity contribution in [2.75, 3.05) is 6.61 Å². The number of pyridine rings is 1. The van der Waals surface area contributed by atoms with E-state index in [2.05, 4.69) is 6.92 Å². The van der Waals surface area contributed by atoms with Crippen LogP contribution in [0.25, 0.3) is 22.4 Å². The Bertz CT molecular complexity index is 1030. The predicted octanol–water partition coefficient (Wildman–Crippen LogP) is 6.58. The molecule has 3 aromatic rings. The Kier molecular flexibility index (Phi) is 8.10. The van der Waals surface area contributed by atoms with E-state index in [1.165, 1.54) is 24.3 Å². The number of aliphatic hydroxyl groups excluding tert-OH is 2. The molecule has 5 heteroatoms. The normalized spacial score (nSPS) is 12.4. The zero-order valence-electron chi connectivity index (χ0n) is 18.9. The van der Waals surface area contributed by atoms with E-state index < -0.39 is 12.7 Å². The first-order valence-electron chi connectivity index (χ1n) is 11.2. The van der Waals surface area contributed by atoms with E-state index in [1.807, 2.05) is 13.8 Å². The van der Waals surface area contributed by atoms with Crippen molar-refractivity contribution in [3.8, 4) is 22.4 Å². The van der Waals surface area contributed by atoms with Gasteiger partial charge in [0.1, 0.15) is 17.7 Å². The van der Waals surface area contributed by atoms with Gasteiger partial charge in [-0.25, -0.2) is 8.78 Å². The highest BCUT2D eigenvalue weighted by molar-refractivity contribution is 5.80. The largest absolute Gasteiger partial charge is 0.393 e. The number of rotatable bonds is 9. The van der Waals surface area contributed by atoms with Crippen LogP contribution in [0.4, 0.5) is 8.78 Å². The number of hydrogen-bond donors (Lipinski definition) is 2. The summed E-state index contributed by atoms with van der Waals surface area (Å²) in [6.45, 7) is 5.65. The van der Waals surface area contributed by atoms with E-state index in [1.54, 1.807) is 24.3 Å². The van der Waals surface area contributed by atoms with Gasteiger partial charge in [0, 0.05) is 11.1 Å². The van der Waals surface area contributed by atoms with Crippen LogP contribution >= 0.6 is 0 Å². The van der Waals surface area contributed by atoms with Crippen LogP contribution in [0, 0.1) is 11.6 Å². The molecule has 3 rings (SSSR count). The number of aromatic nitrogens is 1. The van der Waals surface area contributed by atoms with Crippen LogP contribution in [0.2, 0.25) is 0 Å². The van der Waals surface area contributed by atoms with Crippen LogP contribution in [0.5, 0.6) is 0 Å². The van der Waals surface area contributed by atoms with E-state index in [0.29, 0.717) is 17.7 Å². The Hall–Kier alpha value is -2.63. The third-order valence-corrected chi connectivity index (χ3v) is 5.70. The number of halogens is 2. The van der Waals surface area contributed by atoms with Gasteiger partial charge in [0.25, 0.3) is 0 Å². The minimum atomic E-state index is -1.12. The number of benzene rings is 2. The molecular weight excluding hydrogens is 408 g/mol. The maximum atomic E-state index is 13.7. The van der Waals surface area contributed by atoms with Crippen molar-refractivity contribution < 1.29 is 19.0 Å². The number of hydrogen-bond acceptors (Lipinski definition) is 3. The fraction of sp³-hybridized carbons (Fsp3) is 0.370. The number of unbranched alkanes of at least 4 members (excludes halogenated alkanes) is 2. The molecule has 0 aliphatic carbocycles.